The van der Waals surface area contributed by atoms with Gasteiger partial charge in [0.2, 0.25) is 0 Å². The van der Waals surface area contributed by atoms with Crippen LogP contribution in [-0.2, 0) is 0 Å². The highest BCUT2D eigenvalue weighted by molar-refractivity contribution is 4.93. The molecule has 2 aliphatic rings. The zero-order chi connectivity index (χ0) is 15.4. The van der Waals surface area contributed by atoms with Crippen molar-refractivity contribution in [1.82, 2.24) is 15.1 Å². The average molecular weight is 296 g/mol. The molecule has 1 aliphatic heterocycles. The largest absolute Gasteiger partial charge is 0.315 e. The van der Waals surface area contributed by atoms with E-state index in [1.54, 1.807) is 0 Å². The van der Waals surface area contributed by atoms with Crippen LogP contribution < -0.4 is 5.32 Å². The summed E-state index contributed by atoms with van der Waals surface area (Å²) in [6.07, 6.45) is 5.44. The van der Waals surface area contributed by atoms with Crippen molar-refractivity contribution in [2.24, 2.45) is 11.8 Å². The Hall–Kier alpha value is -0.120. The molecule has 3 nitrogen and oxygen atoms in total. The maximum Gasteiger partial charge on any atom is 0.0253 e. The number of nitrogens with zero attached hydrogens (tertiary/aromatic N) is 2. The van der Waals surface area contributed by atoms with Gasteiger partial charge in [-0.3, -0.25) is 9.80 Å². The van der Waals surface area contributed by atoms with Crippen molar-refractivity contribution in [3.05, 3.63) is 0 Å². The Morgan fingerprint density at radius 1 is 1.05 bits per heavy atom. The van der Waals surface area contributed by atoms with E-state index in [1.807, 2.05) is 0 Å². The molecule has 0 amide bonds. The van der Waals surface area contributed by atoms with Gasteiger partial charge in [-0.2, -0.15) is 0 Å². The van der Waals surface area contributed by atoms with Crippen molar-refractivity contribution in [2.45, 2.75) is 71.5 Å². The van der Waals surface area contributed by atoms with Crippen molar-refractivity contribution < 1.29 is 0 Å². The van der Waals surface area contributed by atoms with Crippen LogP contribution in [0.1, 0.15) is 53.4 Å². The van der Waals surface area contributed by atoms with Gasteiger partial charge in [-0.1, -0.05) is 20.8 Å². The Bertz CT molecular complexity index is 297. The molecular formula is C18H37N3. The van der Waals surface area contributed by atoms with Crippen LogP contribution in [0.2, 0.25) is 0 Å². The molecule has 0 bridgehead atoms. The second-order valence-corrected chi connectivity index (χ2v) is 7.61. The summed E-state index contributed by atoms with van der Waals surface area (Å²) in [5, 5.41) is 3.60. The molecule has 0 aromatic heterocycles. The van der Waals surface area contributed by atoms with Gasteiger partial charge >= 0.3 is 0 Å². The van der Waals surface area contributed by atoms with Crippen LogP contribution in [0, 0.1) is 11.8 Å². The van der Waals surface area contributed by atoms with Crippen molar-refractivity contribution in [3.8, 4) is 0 Å². The lowest BCUT2D eigenvalue weighted by Crippen LogP contribution is -2.59. The number of hydrogen-bond acceptors (Lipinski definition) is 3. The molecule has 0 aromatic carbocycles. The summed E-state index contributed by atoms with van der Waals surface area (Å²) in [5.74, 6) is 1.76. The van der Waals surface area contributed by atoms with E-state index < -0.39 is 0 Å². The van der Waals surface area contributed by atoms with Gasteiger partial charge in [-0.25, -0.2) is 0 Å². The first kappa shape index (κ1) is 17.2. The maximum absolute atomic E-state index is 3.60. The smallest absolute Gasteiger partial charge is 0.0253 e. The van der Waals surface area contributed by atoms with Crippen molar-refractivity contribution in [3.63, 3.8) is 0 Å². The number of rotatable bonds is 5. The normalized spacial score (nSPS) is 34.3. The van der Waals surface area contributed by atoms with Crippen molar-refractivity contribution >= 4 is 0 Å². The fourth-order valence-electron chi connectivity index (χ4n) is 4.29. The lowest BCUT2D eigenvalue weighted by atomic mass is 9.76. The van der Waals surface area contributed by atoms with E-state index in [4.69, 9.17) is 0 Å². The zero-order valence-electron chi connectivity index (χ0n) is 14.9. The van der Waals surface area contributed by atoms with Crippen molar-refractivity contribution in [2.75, 3.05) is 33.2 Å². The molecule has 124 valence electrons. The van der Waals surface area contributed by atoms with E-state index >= 15 is 0 Å². The molecule has 4 atom stereocenters. The first-order valence-electron chi connectivity index (χ1n) is 9.22. The first-order valence-corrected chi connectivity index (χ1v) is 9.22. The van der Waals surface area contributed by atoms with E-state index in [2.05, 4.69) is 49.9 Å². The Morgan fingerprint density at radius 3 is 2.24 bits per heavy atom. The maximum atomic E-state index is 3.60. The fraction of sp³-hybridized carbons (Fsp3) is 1.00. The van der Waals surface area contributed by atoms with Gasteiger partial charge in [-0.05, 0) is 51.5 Å². The second-order valence-electron chi connectivity index (χ2n) is 7.61. The quantitative estimate of drug-likeness (QED) is 0.841. The van der Waals surface area contributed by atoms with E-state index in [0.29, 0.717) is 6.04 Å². The number of nitrogens with one attached hydrogen (secondary N) is 1. The number of piperazine rings is 1. The molecule has 3 heteroatoms. The zero-order valence-corrected chi connectivity index (χ0v) is 14.9. The highest BCUT2D eigenvalue weighted by Crippen LogP contribution is 2.33. The predicted octanol–water partition coefficient (Wildman–Crippen LogP) is 2.82. The predicted molar refractivity (Wildman–Crippen MR) is 91.7 cm³/mol. The first-order chi connectivity index (χ1) is 10.1. The second kappa shape index (κ2) is 7.94. The van der Waals surface area contributed by atoms with Crippen LogP contribution in [0.15, 0.2) is 0 Å². The minimum absolute atomic E-state index is 0.704. The molecule has 0 radical (unpaired) electrons. The molecule has 1 heterocycles. The van der Waals surface area contributed by atoms with E-state index in [1.165, 1.54) is 51.9 Å². The molecule has 0 aromatic rings. The Labute approximate surface area is 132 Å². The Kier molecular flexibility index (Phi) is 6.51. The summed E-state index contributed by atoms with van der Waals surface area (Å²) in [6.45, 7) is 14.5. The molecule has 1 aliphatic carbocycles. The highest BCUT2D eigenvalue weighted by atomic mass is 15.3. The van der Waals surface area contributed by atoms with Gasteiger partial charge < -0.3 is 5.32 Å². The molecule has 0 spiro atoms. The SMILES string of the molecule is CCC(C)N1CCN(C2CC(C(C)C)CCC2NC)CC1. The van der Waals surface area contributed by atoms with Gasteiger partial charge in [0.25, 0.3) is 0 Å². The summed E-state index contributed by atoms with van der Waals surface area (Å²) >= 11 is 0. The summed E-state index contributed by atoms with van der Waals surface area (Å²) in [5.41, 5.74) is 0. The van der Waals surface area contributed by atoms with Crippen molar-refractivity contribution in [1.29, 1.82) is 0 Å². The van der Waals surface area contributed by atoms with Gasteiger partial charge in [-0.15, -0.1) is 0 Å². The van der Waals surface area contributed by atoms with Gasteiger partial charge in [0.05, 0.1) is 0 Å². The summed E-state index contributed by atoms with van der Waals surface area (Å²) < 4.78 is 0. The molecule has 1 saturated heterocycles. The Morgan fingerprint density at radius 2 is 1.71 bits per heavy atom. The molecular weight excluding hydrogens is 258 g/mol. The molecule has 21 heavy (non-hydrogen) atoms. The summed E-state index contributed by atoms with van der Waals surface area (Å²) in [6, 6.07) is 2.22. The minimum Gasteiger partial charge on any atom is -0.315 e. The lowest BCUT2D eigenvalue weighted by Gasteiger charge is -2.47. The molecule has 2 rings (SSSR count). The minimum atomic E-state index is 0.704. The van der Waals surface area contributed by atoms with Crippen LogP contribution in [-0.4, -0.2) is 61.2 Å². The fourth-order valence-corrected chi connectivity index (χ4v) is 4.29. The Balaban J connectivity index is 1.92. The highest BCUT2D eigenvalue weighted by Gasteiger charge is 2.36. The molecule has 1 N–H and O–H groups in total. The third kappa shape index (κ3) is 4.20. The molecule has 2 fully saturated rings. The van der Waals surface area contributed by atoms with Crippen LogP contribution in [0.3, 0.4) is 0 Å². The van der Waals surface area contributed by atoms with Gasteiger partial charge in [0.1, 0.15) is 0 Å². The summed E-state index contributed by atoms with van der Waals surface area (Å²) in [7, 11) is 2.16. The monoisotopic (exact) mass is 295 g/mol. The van der Waals surface area contributed by atoms with E-state index in [-0.39, 0.29) is 0 Å². The van der Waals surface area contributed by atoms with Gasteiger partial charge in [0, 0.05) is 44.3 Å². The average Bonchev–Trinajstić information content (AvgIpc) is 2.53. The van der Waals surface area contributed by atoms with Crippen LogP contribution >= 0.6 is 0 Å². The van der Waals surface area contributed by atoms with Crippen LogP contribution in [0.4, 0.5) is 0 Å². The standard InChI is InChI=1S/C18H37N3/c1-6-15(4)20-9-11-21(12-10-20)18-13-16(14(2)3)7-8-17(18)19-5/h14-19H,6-13H2,1-5H3. The van der Waals surface area contributed by atoms with E-state index in [9.17, 15) is 0 Å². The topological polar surface area (TPSA) is 18.5 Å². The summed E-state index contributed by atoms with van der Waals surface area (Å²) in [4.78, 5) is 5.46. The van der Waals surface area contributed by atoms with Crippen LogP contribution in [0.25, 0.3) is 0 Å². The number of hydrogen-bond donors (Lipinski definition) is 1. The third-order valence-corrected chi connectivity index (χ3v) is 6.20. The van der Waals surface area contributed by atoms with E-state index in [0.717, 1.165) is 23.9 Å². The number of likely N-dealkylation sites (N-methyl/N-ethyl adjacent to an activating group) is 1. The lowest BCUT2D eigenvalue weighted by molar-refractivity contribution is 0.0303. The molecule has 1 saturated carbocycles. The third-order valence-electron chi connectivity index (χ3n) is 6.20. The molecule has 4 unspecified atom stereocenters. The van der Waals surface area contributed by atoms with Crippen LogP contribution in [0.5, 0.6) is 0 Å². The van der Waals surface area contributed by atoms with Gasteiger partial charge in [0.15, 0.2) is 0 Å².